The van der Waals surface area contributed by atoms with Gasteiger partial charge >= 0.3 is 5.97 Å². The Morgan fingerprint density at radius 3 is 2.30 bits per heavy atom. The topological polar surface area (TPSA) is 55.8 Å². The number of carboxylic acids is 1. The highest BCUT2D eigenvalue weighted by atomic mass is 16.5. The number of unbranched alkanes of at least 4 members (excludes halogenated alkanes) is 6. The van der Waals surface area contributed by atoms with Crippen molar-refractivity contribution in [2.24, 2.45) is 0 Å². The first-order valence-corrected chi connectivity index (χ1v) is 10.5. The molecule has 0 spiro atoms. The Bertz CT molecular complexity index is 578. The van der Waals surface area contributed by atoms with Crippen LogP contribution in [0.1, 0.15) is 84.1 Å². The van der Waals surface area contributed by atoms with Crippen LogP contribution in [0.15, 0.2) is 23.8 Å². The number of carbonyl (C=O) groups is 1. The van der Waals surface area contributed by atoms with Gasteiger partial charge in [-0.05, 0) is 50.0 Å². The fourth-order valence-electron chi connectivity index (χ4n) is 2.88. The minimum atomic E-state index is -0.857. The zero-order valence-electron chi connectivity index (χ0n) is 17.3. The molecule has 1 aromatic rings. The number of hydrogen-bond acceptors (Lipinski definition) is 3. The van der Waals surface area contributed by atoms with E-state index in [-0.39, 0.29) is 0 Å². The van der Waals surface area contributed by atoms with Gasteiger partial charge in [0.15, 0.2) is 11.5 Å². The van der Waals surface area contributed by atoms with Crippen molar-refractivity contribution in [3.05, 3.63) is 29.3 Å². The summed E-state index contributed by atoms with van der Waals surface area (Å²) in [6.07, 6.45) is 11.5. The van der Waals surface area contributed by atoms with Crippen LogP contribution in [0.4, 0.5) is 0 Å². The molecule has 1 rings (SSSR count). The van der Waals surface area contributed by atoms with E-state index in [0.717, 1.165) is 30.6 Å². The molecule has 0 saturated heterocycles. The minimum absolute atomic E-state index is 0.431. The van der Waals surface area contributed by atoms with E-state index in [1.165, 1.54) is 32.1 Å². The molecule has 0 bridgehead atoms. The van der Waals surface area contributed by atoms with Crippen LogP contribution in [0.5, 0.6) is 11.5 Å². The number of ether oxygens (including phenoxy) is 2. The van der Waals surface area contributed by atoms with Gasteiger partial charge < -0.3 is 14.6 Å². The predicted octanol–water partition coefficient (Wildman–Crippen LogP) is 6.48. The van der Waals surface area contributed by atoms with Gasteiger partial charge in [0.05, 0.1) is 13.2 Å². The third-order valence-electron chi connectivity index (χ3n) is 4.44. The number of aliphatic carboxylic acids is 1. The van der Waals surface area contributed by atoms with Gasteiger partial charge in [0.1, 0.15) is 0 Å². The van der Waals surface area contributed by atoms with E-state index in [9.17, 15) is 9.90 Å². The van der Waals surface area contributed by atoms with Crippen LogP contribution in [0, 0.1) is 0 Å². The fourth-order valence-corrected chi connectivity index (χ4v) is 2.88. The van der Waals surface area contributed by atoms with Crippen molar-refractivity contribution in [3.63, 3.8) is 0 Å². The first-order valence-electron chi connectivity index (χ1n) is 10.5. The lowest BCUT2D eigenvalue weighted by atomic mass is 10.0. The van der Waals surface area contributed by atoms with E-state index >= 15 is 0 Å². The van der Waals surface area contributed by atoms with Crippen molar-refractivity contribution in [2.45, 2.75) is 78.6 Å². The molecule has 4 nitrogen and oxygen atoms in total. The predicted molar refractivity (Wildman–Crippen MR) is 112 cm³/mol. The minimum Gasteiger partial charge on any atom is -0.490 e. The molecule has 0 aliphatic heterocycles. The molecule has 0 aromatic heterocycles. The summed E-state index contributed by atoms with van der Waals surface area (Å²) >= 11 is 0. The summed E-state index contributed by atoms with van der Waals surface area (Å²) in [6, 6.07) is 5.65. The van der Waals surface area contributed by atoms with Gasteiger partial charge in [0.25, 0.3) is 0 Å². The highest BCUT2D eigenvalue weighted by Crippen LogP contribution is 2.30. The highest BCUT2D eigenvalue weighted by molar-refractivity contribution is 5.92. The summed E-state index contributed by atoms with van der Waals surface area (Å²) in [6.45, 7) is 7.44. The summed E-state index contributed by atoms with van der Waals surface area (Å²) in [4.78, 5) is 11.4. The molecule has 0 atom stereocenters. The van der Waals surface area contributed by atoms with Crippen molar-refractivity contribution in [1.29, 1.82) is 0 Å². The van der Waals surface area contributed by atoms with Crippen molar-refractivity contribution < 1.29 is 19.4 Å². The Labute approximate surface area is 164 Å². The lowest BCUT2D eigenvalue weighted by Gasteiger charge is -2.13. The van der Waals surface area contributed by atoms with Crippen molar-refractivity contribution in [2.75, 3.05) is 13.2 Å². The lowest BCUT2D eigenvalue weighted by molar-refractivity contribution is -0.132. The van der Waals surface area contributed by atoms with Crippen LogP contribution in [0.25, 0.3) is 6.08 Å². The summed E-state index contributed by atoms with van der Waals surface area (Å²) < 4.78 is 11.6. The molecule has 0 saturated carbocycles. The summed E-state index contributed by atoms with van der Waals surface area (Å²) in [5.74, 6) is 0.551. The van der Waals surface area contributed by atoms with E-state index in [0.29, 0.717) is 31.0 Å². The van der Waals surface area contributed by atoms with Crippen molar-refractivity contribution in [3.8, 4) is 11.5 Å². The molecule has 1 N–H and O–H groups in total. The maximum absolute atomic E-state index is 11.4. The molecule has 0 radical (unpaired) electrons. The molecular formula is C23H36O4. The van der Waals surface area contributed by atoms with E-state index in [1.807, 2.05) is 25.1 Å². The van der Waals surface area contributed by atoms with E-state index in [2.05, 4.69) is 13.8 Å². The quantitative estimate of drug-likeness (QED) is 0.281. The average Bonchev–Trinajstić information content (AvgIpc) is 2.65. The van der Waals surface area contributed by atoms with Crippen LogP contribution >= 0.6 is 0 Å². The second-order valence-electron chi connectivity index (χ2n) is 6.83. The highest BCUT2D eigenvalue weighted by Gasteiger charge is 2.10. The van der Waals surface area contributed by atoms with Gasteiger partial charge in [-0.15, -0.1) is 0 Å². The number of benzene rings is 1. The normalized spacial score (nSPS) is 11.4. The molecule has 0 aliphatic rings. The SMILES string of the molecule is CCCCCCCCOc1ccc(C=C(CCCC)C(=O)O)cc1OCC. The van der Waals surface area contributed by atoms with Gasteiger partial charge in [-0.3, -0.25) is 0 Å². The Kier molecular flexibility index (Phi) is 12.1. The number of rotatable bonds is 15. The van der Waals surface area contributed by atoms with Crippen LogP contribution in [-0.4, -0.2) is 24.3 Å². The molecular weight excluding hydrogens is 340 g/mol. The zero-order chi connectivity index (χ0) is 19.9. The van der Waals surface area contributed by atoms with E-state index < -0.39 is 5.97 Å². The van der Waals surface area contributed by atoms with Crippen LogP contribution in [-0.2, 0) is 4.79 Å². The molecule has 0 fully saturated rings. The first-order chi connectivity index (χ1) is 13.1. The zero-order valence-corrected chi connectivity index (χ0v) is 17.3. The lowest BCUT2D eigenvalue weighted by Crippen LogP contribution is -2.02. The summed E-state index contributed by atoms with van der Waals surface area (Å²) in [5, 5.41) is 9.38. The maximum Gasteiger partial charge on any atom is 0.331 e. The second kappa shape index (κ2) is 14.1. The Morgan fingerprint density at radius 2 is 1.63 bits per heavy atom. The maximum atomic E-state index is 11.4. The molecule has 0 aliphatic carbocycles. The first kappa shape index (κ1) is 23.1. The Morgan fingerprint density at radius 1 is 0.926 bits per heavy atom. The second-order valence-corrected chi connectivity index (χ2v) is 6.83. The van der Waals surface area contributed by atoms with Crippen LogP contribution in [0.2, 0.25) is 0 Å². The molecule has 0 unspecified atom stereocenters. The van der Waals surface area contributed by atoms with Crippen molar-refractivity contribution >= 4 is 12.0 Å². The smallest absolute Gasteiger partial charge is 0.331 e. The van der Waals surface area contributed by atoms with Crippen LogP contribution in [0.3, 0.4) is 0 Å². The number of carboxylic acid groups (broad SMARTS) is 1. The molecule has 152 valence electrons. The Balaban J connectivity index is 2.71. The van der Waals surface area contributed by atoms with Gasteiger partial charge in [0.2, 0.25) is 0 Å². The van der Waals surface area contributed by atoms with Gasteiger partial charge in [0, 0.05) is 5.57 Å². The molecule has 4 heteroatoms. The fraction of sp³-hybridized carbons (Fsp3) is 0.609. The Hall–Kier alpha value is -1.97. The molecule has 27 heavy (non-hydrogen) atoms. The third-order valence-corrected chi connectivity index (χ3v) is 4.44. The molecule has 0 amide bonds. The largest absolute Gasteiger partial charge is 0.490 e. The summed E-state index contributed by atoms with van der Waals surface area (Å²) in [5.41, 5.74) is 1.26. The molecule has 1 aromatic carbocycles. The van der Waals surface area contributed by atoms with Crippen molar-refractivity contribution in [1.82, 2.24) is 0 Å². The van der Waals surface area contributed by atoms with Gasteiger partial charge in [-0.2, -0.15) is 0 Å². The van der Waals surface area contributed by atoms with Gasteiger partial charge in [-0.25, -0.2) is 4.79 Å². The average molecular weight is 377 g/mol. The number of hydrogen-bond donors (Lipinski definition) is 1. The van der Waals surface area contributed by atoms with E-state index in [1.54, 1.807) is 6.08 Å². The summed E-state index contributed by atoms with van der Waals surface area (Å²) in [7, 11) is 0. The monoisotopic (exact) mass is 376 g/mol. The van der Waals surface area contributed by atoms with E-state index in [4.69, 9.17) is 9.47 Å². The third kappa shape index (κ3) is 9.50. The van der Waals surface area contributed by atoms with Gasteiger partial charge in [-0.1, -0.05) is 58.4 Å². The van der Waals surface area contributed by atoms with Crippen LogP contribution < -0.4 is 9.47 Å². The molecule has 0 heterocycles. The standard InChI is InChI=1S/C23H36O4/c1-4-7-9-10-11-12-16-27-21-15-14-19(18-22(21)26-6-3)17-20(23(24)25)13-8-5-2/h14-15,17-18H,4-13,16H2,1-3H3,(H,24,25).